The number of piperidine rings is 1. The number of hydrogen-bond acceptors (Lipinski definition) is 6. The van der Waals surface area contributed by atoms with Gasteiger partial charge in [0.05, 0.1) is 5.69 Å². The number of hydrogen-bond donors (Lipinski definition) is 1. The molecule has 168 valence electrons. The van der Waals surface area contributed by atoms with Gasteiger partial charge in [-0.1, -0.05) is 12.1 Å². The van der Waals surface area contributed by atoms with Crippen LogP contribution in [0.4, 0.5) is 11.6 Å². The van der Waals surface area contributed by atoms with E-state index in [9.17, 15) is 0 Å². The van der Waals surface area contributed by atoms with Crippen molar-refractivity contribution in [2.24, 2.45) is 0 Å². The molecule has 0 spiro atoms. The zero-order valence-corrected chi connectivity index (χ0v) is 19.1. The molecule has 1 N–H and O–H groups in total. The van der Waals surface area contributed by atoms with Crippen molar-refractivity contribution in [3.05, 3.63) is 72.8 Å². The van der Waals surface area contributed by atoms with Crippen molar-refractivity contribution in [3.8, 4) is 22.5 Å². The van der Waals surface area contributed by atoms with Crippen LogP contribution < -0.4 is 5.32 Å². The van der Waals surface area contributed by atoms with Crippen LogP contribution >= 0.6 is 0 Å². The average molecular weight is 440 g/mol. The number of nitrogens with one attached hydrogen (secondary N) is 1. The van der Waals surface area contributed by atoms with Gasteiger partial charge in [0.25, 0.3) is 0 Å². The molecule has 0 unspecified atom stereocenters. The third-order valence-corrected chi connectivity index (χ3v) is 6.28. The fourth-order valence-electron chi connectivity index (χ4n) is 4.40. The minimum atomic E-state index is 0.578. The molecule has 0 bridgehead atoms. The van der Waals surface area contributed by atoms with Crippen molar-refractivity contribution < 1.29 is 0 Å². The normalized spacial score (nSPS) is 15.0. The van der Waals surface area contributed by atoms with Crippen LogP contribution in [-0.2, 0) is 6.54 Å². The van der Waals surface area contributed by atoms with Crippen LogP contribution in [0.1, 0.15) is 31.2 Å². The lowest BCUT2D eigenvalue weighted by molar-refractivity contribution is 0.255. The molecule has 0 saturated carbocycles. The van der Waals surface area contributed by atoms with E-state index in [4.69, 9.17) is 10.1 Å². The van der Waals surface area contributed by atoms with E-state index >= 15 is 0 Å². The Morgan fingerprint density at radius 3 is 2.73 bits per heavy atom. The first kappa shape index (κ1) is 21.3. The molecule has 0 amide bonds. The molecule has 5 rings (SSSR count). The highest BCUT2D eigenvalue weighted by molar-refractivity contribution is 5.78. The first-order chi connectivity index (χ1) is 16.2. The molecule has 1 aliphatic rings. The van der Waals surface area contributed by atoms with Gasteiger partial charge >= 0.3 is 0 Å². The Balaban J connectivity index is 1.41. The van der Waals surface area contributed by atoms with E-state index in [1.165, 1.54) is 18.4 Å². The Hall–Kier alpha value is -3.58. The van der Waals surface area contributed by atoms with Crippen molar-refractivity contribution in [2.75, 3.05) is 25.5 Å². The largest absolute Gasteiger partial charge is 0.324 e. The van der Waals surface area contributed by atoms with Gasteiger partial charge in [-0.3, -0.25) is 9.67 Å². The molecular formula is C26H29N7. The molecule has 33 heavy (non-hydrogen) atoms. The lowest BCUT2D eigenvalue weighted by Crippen LogP contribution is -2.29. The molecule has 1 fully saturated rings. The molecular weight excluding hydrogens is 410 g/mol. The fourth-order valence-corrected chi connectivity index (χ4v) is 4.40. The van der Waals surface area contributed by atoms with E-state index in [1.807, 2.05) is 35.3 Å². The first-order valence-electron chi connectivity index (χ1n) is 11.6. The lowest BCUT2D eigenvalue weighted by atomic mass is 9.89. The van der Waals surface area contributed by atoms with E-state index in [0.717, 1.165) is 47.8 Å². The van der Waals surface area contributed by atoms with E-state index in [1.54, 1.807) is 12.4 Å². The van der Waals surface area contributed by atoms with Crippen LogP contribution in [0.15, 0.2) is 67.3 Å². The predicted octanol–water partition coefficient (Wildman–Crippen LogP) is 4.97. The van der Waals surface area contributed by atoms with Gasteiger partial charge in [0, 0.05) is 48.1 Å². The number of rotatable bonds is 6. The maximum absolute atomic E-state index is 4.82. The van der Waals surface area contributed by atoms with E-state index in [0.29, 0.717) is 11.9 Å². The summed E-state index contributed by atoms with van der Waals surface area (Å²) in [7, 11) is 2.20. The van der Waals surface area contributed by atoms with E-state index in [-0.39, 0.29) is 0 Å². The lowest BCUT2D eigenvalue weighted by Gasteiger charge is -2.29. The zero-order chi connectivity index (χ0) is 22.6. The van der Waals surface area contributed by atoms with Crippen molar-refractivity contribution >= 4 is 11.6 Å². The standard InChI is InChI=1S/C26H29N7/c1-3-33-18-23(25(31-33)21-7-5-12-27-17-21)24-9-13-28-26(30-24)29-22-8-4-6-20(16-22)19-10-14-32(2)15-11-19/h4-9,12-13,16-19H,3,10-11,14-15H2,1-2H3,(H,28,29,30). The maximum atomic E-state index is 4.82. The number of pyridine rings is 1. The topological polar surface area (TPSA) is 71.8 Å². The minimum absolute atomic E-state index is 0.578. The minimum Gasteiger partial charge on any atom is -0.324 e. The smallest absolute Gasteiger partial charge is 0.227 e. The summed E-state index contributed by atoms with van der Waals surface area (Å²) < 4.78 is 1.93. The average Bonchev–Trinajstić information content (AvgIpc) is 3.30. The third kappa shape index (κ3) is 4.78. The third-order valence-electron chi connectivity index (χ3n) is 6.28. The number of likely N-dealkylation sites (tertiary alicyclic amines) is 1. The van der Waals surface area contributed by atoms with Gasteiger partial charge in [0.1, 0.15) is 5.69 Å². The molecule has 4 heterocycles. The number of anilines is 2. The summed E-state index contributed by atoms with van der Waals surface area (Å²) in [6.45, 7) is 5.16. The quantitative estimate of drug-likeness (QED) is 0.457. The number of nitrogens with zero attached hydrogens (tertiary/aromatic N) is 6. The molecule has 7 heteroatoms. The van der Waals surface area contributed by atoms with Crippen molar-refractivity contribution in [1.29, 1.82) is 0 Å². The van der Waals surface area contributed by atoms with Crippen LogP contribution in [0.25, 0.3) is 22.5 Å². The second-order valence-electron chi connectivity index (χ2n) is 8.58. The Bertz CT molecular complexity index is 1210. The molecule has 7 nitrogen and oxygen atoms in total. The molecule has 1 saturated heterocycles. The van der Waals surface area contributed by atoms with Crippen molar-refractivity contribution in [1.82, 2.24) is 29.6 Å². The van der Waals surface area contributed by atoms with E-state index in [2.05, 4.69) is 58.4 Å². The van der Waals surface area contributed by atoms with Gasteiger partial charge in [-0.2, -0.15) is 5.10 Å². The Kier molecular flexibility index (Phi) is 6.13. The Morgan fingerprint density at radius 2 is 1.94 bits per heavy atom. The fraction of sp³-hybridized carbons (Fsp3) is 0.308. The zero-order valence-electron chi connectivity index (χ0n) is 19.1. The first-order valence-corrected chi connectivity index (χ1v) is 11.6. The van der Waals surface area contributed by atoms with E-state index < -0.39 is 0 Å². The highest BCUT2D eigenvalue weighted by atomic mass is 15.3. The monoisotopic (exact) mass is 439 g/mol. The van der Waals surface area contributed by atoms with Crippen molar-refractivity contribution in [2.45, 2.75) is 32.2 Å². The molecule has 0 atom stereocenters. The summed E-state index contributed by atoms with van der Waals surface area (Å²) in [6, 6.07) is 14.5. The summed E-state index contributed by atoms with van der Waals surface area (Å²) in [4.78, 5) is 16.0. The molecule has 4 aromatic rings. The van der Waals surface area contributed by atoms with Gasteiger partial charge in [-0.25, -0.2) is 9.97 Å². The molecule has 3 aromatic heterocycles. The highest BCUT2D eigenvalue weighted by Gasteiger charge is 2.19. The van der Waals surface area contributed by atoms with Crippen LogP contribution in [0, 0.1) is 0 Å². The number of aryl methyl sites for hydroxylation is 1. The molecule has 1 aromatic carbocycles. The van der Waals surface area contributed by atoms with Crippen LogP contribution in [0.3, 0.4) is 0 Å². The summed E-state index contributed by atoms with van der Waals surface area (Å²) in [5.74, 6) is 1.19. The second kappa shape index (κ2) is 9.50. The van der Waals surface area contributed by atoms with Crippen LogP contribution in [-0.4, -0.2) is 49.8 Å². The molecule has 0 radical (unpaired) electrons. The van der Waals surface area contributed by atoms with Gasteiger partial charge in [-0.15, -0.1) is 0 Å². The number of aromatic nitrogens is 5. The second-order valence-corrected chi connectivity index (χ2v) is 8.58. The van der Waals surface area contributed by atoms with Crippen molar-refractivity contribution in [3.63, 3.8) is 0 Å². The molecule has 1 aliphatic heterocycles. The van der Waals surface area contributed by atoms with Gasteiger partial charge in [0.2, 0.25) is 5.95 Å². The summed E-state index contributed by atoms with van der Waals surface area (Å²) in [5, 5.41) is 8.16. The van der Waals surface area contributed by atoms with Crippen LogP contribution in [0.2, 0.25) is 0 Å². The Morgan fingerprint density at radius 1 is 1.06 bits per heavy atom. The SMILES string of the molecule is CCn1cc(-c2ccnc(Nc3cccc(C4CCN(C)CC4)c3)n2)c(-c2cccnc2)n1. The summed E-state index contributed by atoms with van der Waals surface area (Å²) in [6.07, 6.45) is 9.83. The maximum Gasteiger partial charge on any atom is 0.227 e. The van der Waals surface area contributed by atoms with Gasteiger partial charge in [-0.05, 0) is 81.7 Å². The number of benzene rings is 1. The summed E-state index contributed by atoms with van der Waals surface area (Å²) in [5.41, 5.74) is 6.04. The van der Waals surface area contributed by atoms with Gasteiger partial charge < -0.3 is 10.2 Å². The highest BCUT2D eigenvalue weighted by Crippen LogP contribution is 2.31. The predicted molar refractivity (Wildman–Crippen MR) is 131 cm³/mol. The molecule has 0 aliphatic carbocycles. The van der Waals surface area contributed by atoms with Gasteiger partial charge in [0.15, 0.2) is 0 Å². The Labute approximate surface area is 194 Å². The van der Waals surface area contributed by atoms with Crippen LogP contribution in [0.5, 0.6) is 0 Å². The summed E-state index contributed by atoms with van der Waals surface area (Å²) >= 11 is 0.